The fraction of sp³-hybridized carbons (Fsp3) is 0.600. The van der Waals surface area contributed by atoms with E-state index in [1.54, 1.807) is 35.6 Å². The second-order valence-corrected chi connectivity index (χ2v) is 10.2. The molecule has 10 nitrogen and oxygen atoms in total. The van der Waals surface area contributed by atoms with Crippen LogP contribution < -0.4 is 4.90 Å². The number of aromatic nitrogens is 4. The SMILES string of the molecule is CC(C)n1cnc(S(=O)(=O)N2CCCC(C(=O)N3CCN(c4ncccn4)CC3)C2)c1. The highest BCUT2D eigenvalue weighted by molar-refractivity contribution is 7.89. The van der Waals surface area contributed by atoms with Crippen molar-refractivity contribution in [2.75, 3.05) is 44.2 Å². The molecule has 0 aliphatic carbocycles. The lowest BCUT2D eigenvalue weighted by Crippen LogP contribution is -2.53. The van der Waals surface area contributed by atoms with Crippen LogP contribution in [0.3, 0.4) is 0 Å². The summed E-state index contributed by atoms with van der Waals surface area (Å²) in [4.78, 5) is 29.7. The van der Waals surface area contributed by atoms with Crippen LogP contribution >= 0.6 is 0 Å². The summed E-state index contributed by atoms with van der Waals surface area (Å²) in [7, 11) is -3.71. The number of piperazine rings is 1. The molecule has 2 aliphatic heterocycles. The molecule has 2 saturated heterocycles. The summed E-state index contributed by atoms with van der Waals surface area (Å²) in [6.45, 7) is 7.05. The van der Waals surface area contributed by atoms with E-state index in [4.69, 9.17) is 0 Å². The first-order chi connectivity index (χ1) is 14.9. The first-order valence-electron chi connectivity index (χ1n) is 10.7. The number of imidazole rings is 1. The van der Waals surface area contributed by atoms with Crippen molar-refractivity contribution in [3.8, 4) is 0 Å². The first kappa shape index (κ1) is 21.7. The van der Waals surface area contributed by atoms with Gasteiger partial charge in [-0.15, -0.1) is 0 Å². The van der Waals surface area contributed by atoms with E-state index in [1.165, 1.54) is 4.31 Å². The van der Waals surface area contributed by atoms with Crippen molar-refractivity contribution in [3.63, 3.8) is 0 Å². The molecule has 0 spiro atoms. The molecular formula is C20H29N7O3S. The monoisotopic (exact) mass is 447 g/mol. The number of rotatable bonds is 5. The molecule has 11 heteroatoms. The number of hydrogen-bond acceptors (Lipinski definition) is 7. The Morgan fingerprint density at radius 1 is 1.06 bits per heavy atom. The van der Waals surface area contributed by atoms with Crippen LogP contribution in [-0.2, 0) is 14.8 Å². The topological polar surface area (TPSA) is 105 Å². The lowest BCUT2D eigenvalue weighted by molar-refractivity contribution is -0.137. The van der Waals surface area contributed by atoms with Crippen molar-refractivity contribution in [2.45, 2.75) is 37.8 Å². The molecule has 2 fully saturated rings. The molecule has 0 radical (unpaired) electrons. The maximum Gasteiger partial charge on any atom is 0.262 e. The predicted molar refractivity (Wildman–Crippen MR) is 115 cm³/mol. The summed E-state index contributed by atoms with van der Waals surface area (Å²) in [5.41, 5.74) is 0. The third-order valence-corrected chi connectivity index (χ3v) is 7.69. The molecule has 0 aromatic carbocycles. The molecule has 0 bridgehead atoms. The summed E-state index contributed by atoms with van der Waals surface area (Å²) < 4.78 is 29.3. The van der Waals surface area contributed by atoms with Crippen molar-refractivity contribution in [1.29, 1.82) is 0 Å². The third kappa shape index (κ3) is 4.57. The highest BCUT2D eigenvalue weighted by Gasteiger charge is 2.37. The molecule has 31 heavy (non-hydrogen) atoms. The van der Waals surface area contributed by atoms with E-state index in [-0.39, 0.29) is 29.4 Å². The Labute approximate surface area is 183 Å². The number of sulfonamides is 1. The standard InChI is InChI=1S/C20H29N7O3S/c1-16(2)26-14-18(23-15-26)31(29,30)27-8-3-5-17(13-27)19(28)24-9-11-25(12-10-24)20-21-6-4-7-22-20/h4,6-7,14-17H,3,5,8-13H2,1-2H3. The number of carbonyl (C=O) groups is 1. The van der Waals surface area contributed by atoms with E-state index >= 15 is 0 Å². The minimum Gasteiger partial charge on any atom is -0.339 e. The first-order valence-corrected chi connectivity index (χ1v) is 12.1. The largest absolute Gasteiger partial charge is 0.339 e. The summed E-state index contributed by atoms with van der Waals surface area (Å²) in [5, 5.41) is 0.0470. The maximum atomic E-state index is 13.1. The van der Waals surface area contributed by atoms with E-state index < -0.39 is 10.0 Å². The van der Waals surface area contributed by atoms with Gasteiger partial charge in [-0.3, -0.25) is 4.79 Å². The van der Waals surface area contributed by atoms with E-state index in [2.05, 4.69) is 19.9 Å². The van der Waals surface area contributed by atoms with Crippen molar-refractivity contribution in [2.24, 2.45) is 5.92 Å². The minimum atomic E-state index is -3.71. The molecule has 1 amide bonds. The Hall–Kier alpha value is -2.53. The molecular weight excluding hydrogens is 418 g/mol. The molecule has 4 rings (SSSR count). The van der Waals surface area contributed by atoms with Crippen LogP contribution in [0.5, 0.6) is 0 Å². The second kappa shape index (κ2) is 8.91. The molecule has 0 N–H and O–H groups in total. The fourth-order valence-electron chi connectivity index (χ4n) is 4.07. The zero-order chi connectivity index (χ0) is 22.0. The molecule has 1 atom stereocenters. The van der Waals surface area contributed by atoms with Gasteiger partial charge in [0.15, 0.2) is 5.03 Å². The van der Waals surface area contributed by atoms with Crippen molar-refractivity contribution < 1.29 is 13.2 Å². The second-order valence-electron chi connectivity index (χ2n) is 8.32. The number of piperidine rings is 1. The number of amides is 1. The van der Waals surface area contributed by atoms with Gasteiger partial charge in [-0.05, 0) is 32.8 Å². The number of carbonyl (C=O) groups excluding carboxylic acids is 1. The molecule has 4 heterocycles. The molecule has 168 valence electrons. The van der Waals surface area contributed by atoms with Crippen LogP contribution in [-0.4, -0.2) is 82.3 Å². The van der Waals surface area contributed by atoms with Crippen LogP contribution in [0, 0.1) is 5.92 Å². The third-order valence-electron chi connectivity index (χ3n) is 5.94. The smallest absolute Gasteiger partial charge is 0.262 e. The van der Waals surface area contributed by atoms with Gasteiger partial charge in [-0.25, -0.2) is 23.4 Å². The van der Waals surface area contributed by atoms with Crippen LogP contribution in [0.2, 0.25) is 0 Å². The van der Waals surface area contributed by atoms with Gasteiger partial charge in [0.05, 0.1) is 12.2 Å². The zero-order valence-electron chi connectivity index (χ0n) is 18.0. The highest BCUT2D eigenvalue weighted by Crippen LogP contribution is 2.25. The van der Waals surface area contributed by atoms with Crippen LogP contribution in [0.4, 0.5) is 5.95 Å². The molecule has 2 aromatic heterocycles. The van der Waals surface area contributed by atoms with Gasteiger partial charge in [-0.1, -0.05) is 0 Å². The molecule has 2 aromatic rings. The average Bonchev–Trinajstić information content (AvgIpc) is 3.31. The van der Waals surface area contributed by atoms with Gasteiger partial charge < -0.3 is 14.4 Å². The van der Waals surface area contributed by atoms with Crippen LogP contribution in [0.15, 0.2) is 36.0 Å². The lowest BCUT2D eigenvalue weighted by Gasteiger charge is -2.38. The Kier molecular flexibility index (Phi) is 6.24. The van der Waals surface area contributed by atoms with Gasteiger partial charge in [0.2, 0.25) is 11.9 Å². The van der Waals surface area contributed by atoms with E-state index in [0.717, 1.165) is 0 Å². The summed E-state index contributed by atoms with van der Waals surface area (Å²) in [6, 6.07) is 1.91. The summed E-state index contributed by atoms with van der Waals surface area (Å²) >= 11 is 0. The summed E-state index contributed by atoms with van der Waals surface area (Å²) in [6.07, 6.45) is 7.89. The highest BCUT2D eigenvalue weighted by atomic mass is 32.2. The Bertz CT molecular complexity index is 1000. The fourth-order valence-corrected chi connectivity index (χ4v) is 5.51. The number of hydrogen-bond donors (Lipinski definition) is 0. The normalized spacial score (nSPS) is 20.9. The van der Waals surface area contributed by atoms with Gasteiger partial charge in [0.25, 0.3) is 10.0 Å². The minimum absolute atomic E-state index is 0.0289. The molecule has 0 saturated carbocycles. The number of nitrogens with zero attached hydrogens (tertiary/aromatic N) is 7. The van der Waals surface area contributed by atoms with Crippen LogP contribution in [0.25, 0.3) is 0 Å². The zero-order valence-corrected chi connectivity index (χ0v) is 18.8. The van der Waals surface area contributed by atoms with Crippen molar-refractivity contribution in [3.05, 3.63) is 31.0 Å². The predicted octanol–water partition coefficient (Wildman–Crippen LogP) is 1.00. The van der Waals surface area contributed by atoms with Gasteiger partial charge in [0, 0.05) is 63.9 Å². The Morgan fingerprint density at radius 3 is 2.42 bits per heavy atom. The Morgan fingerprint density at radius 2 is 1.77 bits per heavy atom. The van der Waals surface area contributed by atoms with Crippen molar-refractivity contribution >= 4 is 21.9 Å². The van der Waals surface area contributed by atoms with E-state index in [9.17, 15) is 13.2 Å². The summed E-state index contributed by atoms with van der Waals surface area (Å²) in [5.74, 6) is 0.377. The van der Waals surface area contributed by atoms with Crippen LogP contribution in [0.1, 0.15) is 32.7 Å². The molecule has 2 aliphatic rings. The van der Waals surface area contributed by atoms with Crippen molar-refractivity contribution in [1.82, 2.24) is 28.7 Å². The number of anilines is 1. The van der Waals surface area contributed by atoms with Gasteiger partial charge in [-0.2, -0.15) is 4.31 Å². The Balaban J connectivity index is 1.38. The van der Waals surface area contributed by atoms with E-state index in [0.29, 0.717) is 51.5 Å². The quantitative estimate of drug-likeness (QED) is 0.673. The lowest BCUT2D eigenvalue weighted by atomic mass is 9.98. The van der Waals surface area contributed by atoms with Gasteiger partial charge >= 0.3 is 0 Å². The average molecular weight is 448 g/mol. The molecule has 1 unspecified atom stereocenters. The van der Waals surface area contributed by atoms with E-state index in [1.807, 2.05) is 18.7 Å². The maximum absolute atomic E-state index is 13.1. The van der Waals surface area contributed by atoms with Gasteiger partial charge in [0.1, 0.15) is 0 Å².